The summed E-state index contributed by atoms with van der Waals surface area (Å²) in [6.07, 6.45) is -5.40. The predicted octanol–water partition coefficient (Wildman–Crippen LogP) is 5.31. The van der Waals surface area contributed by atoms with Gasteiger partial charge >= 0.3 is 6.18 Å². The second-order valence-corrected chi connectivity index (χ2v) is 26.7. The van der Waals surface area contributed by atoms with E-state index < -0.39 is 156 Å². The highest BCUT2D eigenvalue weighted by Crippen LogP contribution is 2.32. The van der Waals surface area contributed by atoms with Crippen molar-refractivity contribution in [2.24, 2.45) is 23.7 Å². The minimum atomic E-state index is -5.02. The summed E-state index contributed by atoms with van der Waals surface area (Å²) in [6.45, 7) is 17.1. The third kappa shape index (κ3) is 22.4. The van der Waals surface area contributed by atoms with Crippen LogP contribution in [0.15, 0.2) is 42.5 Å². The molecule has 2 aromatic carbocycles. The topological polar surface area (TPSA) is 259 Å². The summed E-state index contributed by atoms with van der Waals surface area (Å²) in [5.74, 6) is -10.7. The van der Waals surface area contributed by atoms with Gasteiger partial charge in [-0.1, -0.05) is 91.6 Å². The van der Waals surface area contributed by atoms with Crippen molar-refractivity contribution in [3.63, 3.8) is 0 Å². The molecule has 1 aliphatic rings. The van der Waals surface area contributed by atoms with Crippen molar-refractivity contribution < 1.29 is 70.3 Å². The van der Waals surface area contributed by atoms with Gasteiger partial charge in [0.05, 0.1) is 25.2 Å². The second-order valence-electron chi connectivity index (χ2n) is 26.3. The SMILES string of the molecule is CC[C@H](C)[C@@H]1NC(=O)[C@H](CC(C)C)N(C)C(=O)C[C@@H](C)N(C)C(=O)[C@H](CC(C)C)NC(=O)C(C)(C)N(C)C(=O)[C@H](CC(C)C)NC(=O)[C@H](CCc2ccc(C(F)(F)F)c(F)c2)NC(=O)CN(C)C(=O)[C@H](Cc2ccc(Cl)cc2)N(C)C(=O)CN(C)C(=O)CN(C)C1=O. The number of halogens is 5. The molecule has 92 heavy (non-hydrogen) atoms. The van der Waals surface area contributed by atoms with Gasteiger partial charge < -0.3 is 55.6 Å². The van der Waals surface area contributed by atoms with E-state index in [1.54, 1.807) is 52.0 Å². The molecule has 0 spiro atoms. The number of rotatable bonds is 13. The minimum absolute atomic E-state index is 0.0132. The number of carbonyl (C=O) groups is 11. The molecule has 0 unspecified atom stereocenters. The van der Waals surface area contributed by atoms with E-state index in [0.717, 1.165) is 30.6 Å². The number of hydrogen-bond donors (Lipinski definition) is 4. The van der Waals surface area contributed by atoms with Crippen LogP contribution in [0.2, 0.25) is 5.02 Å². The molecule has 3 rings (SSSR count). The summed E-state index contributed by atoms with van der Waals surface area (Å²) in [7, 11) is 9.52. The molecule has 1 aliphatic heterocycles. The smallest absolute Gasteiger partial charge is 0.343 e. The fourth-order valence-corrected chi connectivity index (χ4v) is 10.5. The molecule has 27 heteroatoms. The molecule has 22 nitrogen and oxygen atoms in total. The zero-order chi connectivity index (χ0) is 70.2. The molecule has 2 aromatic rings. The first-order valence-electron chi connectivity index (χ1n) is 31.1. The van der Waals surface area contributed by atoms with Gasteiger partial charge in [0.1, 0.15) is 47.6 Å². The highest BCUT2D eigenvalue weighted by Gasteiger charge is 2.43. The zero-order valence-corrected chi connectivity index (χ0v) is 57.4. The first-order valence-corrected chi connectivity index (χ1v) is 31.5. The first kappa shape index (κ1) is 78.9. The van der Waals surface area contributed by atoms with Gasteiger partial charge in [-0.15, -0.1) is 0 Å². The van der Waals surface area contributed by atoms with E-state index in [4.69, 9.17) is 11.6 Å². The molecule has 0 saturated carbocycles. The Balaban J connectivity index is 2.24. The maximum Gasteiger partial charge on any atom is 0.419 e. The van der Waals surface area contributed by atoms with Crippen molar-refractivity contribution in [1.82, 2.24) is 55.6 Å². The van der Waals surface area contributed by atoms with E-state index in [2.05, 4.69) is 21.3 Å². The molecule has 8 atom stereocenters. The maximum absolute atomic E-state index is 14.9. The van der Waals surface area contributed by atoms with E-state index >= 15 is 0 Å². The Morgan fingerprint density at radius 2 is 1.10 bits per heavy atom. The quantitative estimate of drug-likeness (QED) is 0.187. The van der Waals surface area contributed by atoms with Crippen LogP contribution in [-0.2, 0) is 71.8 Å². The molecular weight excluding hydrogens is 1220 g/mol. The van der Waals surface area contributed by atoms with Crippen LogP contribution in [0.3, 0.4) is 0 Å². The third-order valence-electron chi connectivity index (χ3n) is 17.0. The van der Waals surface area contributed by atoms with Gasteiger partial charge in [0, 0.05) is 73.2 Å². The second kappa shape index (κ2) is 34.5. The standard InChI is InChI=1S/C65H98ClF4N11O11/c1-19-40(8)56-62(91)77(14)35-54(84)75(12)36-55(85)80(17)51(33-43-20-24-44(66)25-21-43)61(90)76(13)34-52(82)71-47(27-23-42-22-26-45(46(67)32-42)65(68,69)70)57(86)72-49(29-38(4)5)60(89)81(18)64(10,11)63(92)73-48(28-37(2)3)59(88)78(15)41(9)31-53(83)79(16)50(30-39(6)7)58(87)74-56/h20-22,24-26,32,37-41,47-51,56H,19,23,27-31,33-36H2,1-18H3,(H,71,82)(H,72,86)(H,73,92)(H,74,87)/t40-,41+,47-,48-,49-,50-,51-,56-/m0/s1. The number of carbonyl (C=O) groups excluding carboxylic acids is 11. The molecule has 0 bridgehead atoms. The molecule has 514 valence electrons. The average Bonchev–Trinajstić information content (AvgIpc) is 3.63. The monoisotopic (exact) mass is 1320 g/mol. The molecule has 11 amide bonds. The third-order valence-corrected chi connectivity index (χ3v) is 17.2. The molecule has 1 saturated heterocycles. The first-order chi connectivity index (χ1) is 42.5. The van der Waals surface area contributed by atoms with Gasteiger partial charge in [-0.3, -0.25) is 52.7 Å². The Morgan fingerprint density at radius 1 is 0.576 bits per heavy atom. The summed E-state index contributed by atoms with van der Waals surface area (Å²) in [5.41, 5.74) is -2.72. The molecule has 1 fully saturated rings. The molecule has 0 aliphatic carbocycles. The normalized spacial score (nSPS) is 23.5. The number of hydrogen-bond acceptors (Lipinski definition) is 11. The predicted molar refractivity (Wildman–Crippen MR) is 340 cm³/mol. The number of amides is 11. The van der Waals surface area contributed by atoms with Crippen LogP contribution in [0.1, 0.15) is 131 Å². The van der Waals surface area contributed by atoms with Crippen LogP contribution < -0.4 is 21.3 Å². The van der Waals surface area contributed by atoms with Crippen LogP contribution in [-0.4, -0.2) is 216 Å². The van der Waals surface area contributed by atoms with Crippen molar-refractivity contribution in [3.05, 3.63) is 70.0 Å². The summed E-state index contributed by atoms with van der Waals surface area (Å²) in [4.78, 5) is 166. The Kier molecular flexibility index (Phi) is 29.6. The number of nitrogens with one attached hydrogen (secondary N) is 4. The largest absolute Gasteiger partial charge is 0.419 e. The van der Waals surface area contributed by atoms with Gasteiger partial charge in [-0.25, -0.2) is 4.39 Å². The van der Waals surface area contributed by atoms with E-state index in [0.29, 0.717) is 29.1 Å². The molecule has 4 N–H and O–H groups in total. The Hall–Kier alpha value is -7.38. The molecule has 0 aromatic heterocycles. The minimum Gasteiger partial charge on any atom is -0.343 e. The van der Waals surface area contributed by atoms with Gasteiger partial charge in [0.25, 0.3) is 0 Å². The number of alkyl halides is 3. The van der Waals surface area contributed by atoms with Gasteiger partial charge in [-0.2, -0.15) is 13.2 Å². The molecule has 1 heterocycles. The van der Waals surface area contributed by atoms with Crippen molar-refractivity contribution in [2.45, 2.75) is 182 Å². The van der Waals surface area contributed by atoms with E-state index in [1.807, 2.05) is 34.6 Å². The van der Waals surface area contributed by atoms with Crippen LogP contribution in [0, 0.1) is 29.5 Å². The van der Waals surface area contributed by atoms with Crippen molar-refractivity contribution in [2.75, 3.05) is 69.0 Å². The molecule has 0 radical (unpaired) electrons. The van der Waals surface area contributed by atoms with Crippen LogP contribution >= 0.6 is 11.6 Å². The van der Waals surface area contributed by atoms with Crippen LogP contribution in [0.4, 0.5) is 17.6 Å². The maximum atomic E-state index is 14.9. The number of benzene rings is 2. The zero-order valence-electron chi connectivity index (χ0n) is 56.7. The molecular formula is C65H98ClF4N11O11. The van der Waals surface area contributed by atoms with E-state index in [9.17, 15) is 70.3 Å². The van der Waals surface area contributed by atoms with E-state index in [-0.39, 0.29) is 68.3 Å². The Bertz CT molecular complexity index is 2950. The lowest BCUT2D eigenvalue weighted by Crippen LogP contribution is -2.63. The fraction of sp³-hybridized carbons (Fsp3) is 0.646. The van der Waals surface area contributed by atoms with Crippen molar-refractivity contribution in [3.8, 4) is 0 Å². The summed E-state index contributed by atoms with van der Waals surface area (Å²) >= 11 is 6.19. The number of likely N-dealkylation sites (N-methyl/N-ethyl adjacent to an activating group) is 7. The van der Waals surface area contributed by atoms with Crippen molar-refractivity contribution in [1.29, 1.82) is 0 Å². The van der Waals surface area contributed by atoms with E-state index in [1.165, 1.54) is 73.0 Å². The highest BCUT2D eigenvalue weighted by atomic mass is 35.5. The number of nitrogens with zero attached hydrogens (tertiary/aromatic N) is 7. The Morgan fingerprint density at radius 3 is 1.63 bits per heavy atom. The Labute approximate surface area is 544 Å². The number of aryl methyl sites for hydroxylation is 1. The van der Waals surface area contributed by atoms with Crippen molar-refractivity contribution >= 4 is 76.6 Å². The van der Waals surface area contributed by atoms with Gasteiger partial charge in [0.15, 0.2) is 0 Å². The highest BCUT2D eigenvalue weighted by molar-refractivity contribution is 6.30. The summed E-state index contributed by atoms with van der Waals surface area (Å²) < 4.78 is 55.7. The summed E-state index contributed by atoms with van der Waals surface area (Å²) in [5, 5.41) is 11.3. The van der Waals surface area contributed by atoms with Crippen LogP contribution in [0.5, 0.6) is 0 Å². The lowest BCUT2D eigenvalue weighted by atomic mass is 9.95. The lowest BCUT2D eigenvalue weighted by Gasteiger charge is -2.39. The van der Waals surface area contributed by atoms with Gasteiger partial charge in [0.2, 0.25) is 65.0 Å². The lowest BCUT2D eigenvalue weighted by molar-refractivity contribution is -0.149. The summed E-state index contributed by atoms with van der Waals surface area (Å²) in [6, 6.07) is -0.0137. The average molecular weight is 1320 g/mol. The van der Waals surface area contributed by atoms with Crippen LogP contribution in [0.25, 0.3) is 0 Å². The fourth-order valence-electron chi connectivity index (χ4n) is 10.4. The van der Waals surface area contributed by atoms with Gasteiger partial charge in [-0.05, 0) is 112 Å².